The van der Waals surface area contributed by atoms with Crippen LogP contribution >= 0.6 is 0 Å². The van der Waals surface area contributed by atoms with Crippen molar-refractivity contribution in [2.75, 3.05) is 42.5 Å². The van der Waals surface area contributed by atoms with Crippen molar-refractivity contribution in [2.24, 2.45) is 0 Å². The van der Waals surface area contributed by atoms with E-state index in [9.17, 15) is 14.4 Å². The minimum absolute atomic E-state index is 0.0272. The molecule has 8 nitrogen and oxygen atoms in total. The largest absolute Gasteiger partial charge is 0.419 e. The first kappa shape index (κ1) is 24.5. The number of ether oxygens (including phenoxy) is 1. The van der Waals surface area contributed by atoms with Gasteiger partial charge in [0.1, 0.15) is 5.75 Å². The molecule has 1 atom stereocenters. The first-order valence-electron chi connectivity index (χ1n) is 12.5. The highest BCUT2D eigenvalue weighted by atomic mass is 16.6. The van der Waals surface area contributed by atoms with E-state index in [2.05, 4.69) is 5.32 Å². The number of fused-ring (bicyclic) bond motifs is 1. The molecule has 37 heavy (non-hydrogen) atoms. The van der Waals surface area contributed by atoms with Gasteiger partial charge < -0.3 is 19.9 Å². The number of rotatable bonds is 3. The zero-order chi connectivity index (χ0) is 25.9. The van der Waals surface area contributed by atoms with Gasteiger partial charge in [0.2, 0.25) is 5.91 Å². The molecule has 2 heterocycles. The van der Waals surface area contributed by atoms with Crippen molar-refractivity contribution in [3.05, 3.63) is 78.4 Å². The Morgan fingerprint density at radius 2 is 1.54 bits per heavy atom. The third kappa shape index (κ3) is 5.06. The van der Waals surface area contributed by atoms with Gasteiger partial charge in [0, 0.05) is 45.2 Å². The van der Waals surface area contributed by atoms with Crippen molar-refractivity contribution < 1.29 is 19.1 Å². The lowest BCUT2D eigenvalue weighted by molar-refractivity contribution is -0.117. The van der Waals surface area contributed by atoms with E-state index in [4.69, 9.17) is 4.74 Å². The van der Waals surface area contributed by atoms with Crippen molar-refractivity contribution in [3.8, 4) is 16.9 Å². The van der Waals surface area contributed by atoms with Crippen LogP contribution in [-0.2, 0) is 4.79 Å². The van der Waals surface area contributed by atoms with E-state index in [1.807, 2.05) is 72.5 Å². The number of benzene rings is 3. The van der Waals surface area contributed by atoms with Gasteiger partial charge in [-0.1, -0.05) is 36.4 Å². The summed E-state index contributed by atoms with van der Waals surface area (Å²) in [5.41, 5.74) is 3.69. The van der Waals surface area contributed by atoms with E-state index < -0.39 is 6.09 Å². The number of hydrogen-bond donors (Lipinski definition) is 1. The van der Waals surface area contributed by atoms with Gasteiger partial charge in [-0.25, -0.2) is 4.79 Å². The number of nitrogens with zero attached hydrogens (tertiary/aromatic N) is 3. The fourth-order valence-electron chi connectivity index (χ4n) is 4.96. The lowest BCUT2D eigenvalue weighted by atomic mass is 9.99. The second-order valence-electron chi connectivity index (χ2n) is 9.35. The van der Waals surface area contributed by atoms with Crippen LogP contribution in [-0.4, -0.2) is 61.6 Å². The Morgan fingerprint density at radius 3 is 2.22 bits per heavy atom. The highest BCUT2D eigenvalue weighted by Gasteiger charge is 2.34. The first-order valence-corrected chi connectivity index (χ1v) is 12.5. The van der Waals surface area contributed by atoms with Crippen LogP contribution in [0.2, 0.25) is 0 Å². The van der Waals surface area contributed by atoms with Gasteiger partial charge in [-0.3, -0.25) is 14.5 Å². The molecule has 0 aromatic heterocycles. The number of hydrogen-bond acceptors (Lipinski definition) is 5. The van der Waals surface area contributed by atoms with E-state index in [0.717, 1.165) is 24.2 Å². The molecule has 0 aliphatic carbocycles. The first-order chi connectivity index (χ1) is 17.9. The second kappa shape index (κ2) is 10.4. The van der Waals surface area contributed by atoms with Gasteiger partial charge in [-0.2, -0.15) is 0 Å². The maximum Gasteiger partial charge on any atom is 0.419 e. The van der Waals surface area contributed by atoms with Crippen LogP contribution in [0.15, 0.2) is 72.8 Å². The van der Waals surface area contributed by atoms with Gasteiger partial charge in [0.05, 0.1) is 17.4 Å². The Balaban J connectivity index is 1.45. The SMILES string of the molecule is CC(=O)N1c2ccc(-c3ccc(C(=O)N4CCNCC4)cc3)cc2N(C(=O)Oc2ccccc2)CC1C. The zero-order valence-corrected chi connectivity index (χ0v) is 21.0. The lowest BCUT2D eigenvalue weighted by Crippen LogP contribution is -2.52. The topological polar surface area (TPSA) is 82.2 Å². The van der Waals surface area contributed by atoms with E-state index >= 15 is 0 Å². The highest BCUT2D eigenvalue weighted by Crippen LogP contribution is 2.39. The molecule has 0 saturated carbocycles. The Labute approximate surface area is 216 Å². The number of piperazine rings is 1. The van der Waals surface area contributed by atoms with Crippen LogP contribution in [0.25, 0.3) is 11.1 Å². The minimum atomic E-state index is -0.503. The van der Waals surface area contributed by atoms with Gasteiger partial charge in [-0.05, 0) is 54.4 Å². The molecule has 1 saturated heterocycles. The number of carbonyl (C=O) groups is 3. The normalized spacial score (nSPS) is 17.2. The summed E-state index contributed by atoms with van der Waals surface area (Å²) in [5.74, 6) is 0.393. The molecule has 0 bridgehead atoms. The minimum Gasteiger partial charge on any atom is -0.410 e. The molecule has 3 aromatic carbocycles. The third-order valence-corrected chi connectivity index (χ3v) is 6.79. The summed E-state index contributed by atoms with van der Waals surface area (Å²) in [7, 11) is 0. The monoisotopic (exact) mass is 498 g/mol. The van der Waals surface area contributed by atoms with E-state index in [0.29, 0.717) is 42.3 Å². The molecular weight excluding hydrogens is 468 g/mol. The van der Waals surface area contributed by atoms with Crippen molar-refractivity contribution >= 4 is 29.3 Å². The summed E-state index contributed by atoms with van der Waals surface area (Å²) in [6.07, 6.45) is -0.503. The zero-order valence-electron chi connectivity index (χ0n) is 21.0. The summed E-state index contributed by atoms with van der Waals surface area (Å²) < 4.78 is 5.64. The van der Waals surface area contributed by atoms with E-state index in [1.54, 1.807) is 21.9 Å². The Bertz CT molecular complexity index is 1300. The van der Waals surface area contributed by atoms with Crippen molar-refractivity contribution in [2.45, 2.75) is 19.9 Å². The fraction of sp³-hybridized carbons (Fsp3) is 0.276. The molecule has 3 aromatic rings. The second-order valence-corrected chi connectivity index (χ2v) is 9.35. The molecule has 1 fully saturated rings. The number of anilines is 2. The summed E-state index contributed by atoms with van der Waals surface area (Å²) in [4.78, 5) is 43.7. The number of nitrogens with one attached hydrogen (secondary N) is 1. The van der Waals surface area contributed by atoms with E-state index in [1.165, 1.54) is 6.92 Å². The van der Waals surface area contributed by atoms with Crippen LogP contribution in [0.3, 0.4) is 0 Å². The Hall–Kier alpha value is -4.17. The Morgan fingerprint density at radius 1 is 0.865 bits per heavy atom. The molecule has 3 amide bonds. The number of amides is 3. The maximum atomic E-state index is 13.2. The van der Waals surface area contributed by atoms with Crippen LogP contribution < -0.4 is 19.9 Å². The molecule has 8 heteroatoms. The standard InChI is InChI=1S/C29H30N4O4/c1-20-19-32(29(36)37-25-6-4-3-5-7-25)27-18-24(12-13-26(27)33(20)21(2)34)22-8-10-23(11-9-22)28(35)31-16-14-30-15-17-31/h3-13,18,20,30H,14-17,19H2,1-2H3. The average molecular weight is 499 g/mol. The molecular formula is C29H30N4O4. The summed E-state index contributed by atoms with van der Waals surface area (Å²) in [6, 6.07) is 21.9. The average Bonchev–Trinajstić information content (AvgIpc) is 2.93. The predicted octanol–water partition coefficient (Wildman–Crippen LogP) is 4.16. The van der Waals surface area contributed by atoms with Crippen LogP contribution in [0.1, 0.15) is 24.2 Å². The van der Waals surface area contributed by atoms with Gasteiger partial charge in [0.15, 0.2) is 0 Å². The molecule has 1 unspecified atom stereocenters. The quantitative estimate of drug-likeness (QED) is 0.587. The third-order valence-electron chi connectivity index (χ3n) is 6.79. The maximum absolute atomic E-state index is 13.2. The fourth-order valence-corrected chi connectivity index (χ4v) is 4.96. The molecule has 2 aliphatic heterocycles. The molecule has 0 radical (unpaired) electrons. The van der Waals surface area contributed by atoms with Gasteiger partial charge >= 0.3 is 6.09 Å². The lowest BCUT2D eigenvalue weighted by Gasteiger charge is -2.40. The van der Waals surface area contributed by atoms with Gasteiger partial charge in [-0.15, -0.1) is 0 Å². The summed E-state index contributed by atoms with van der Waals surface area (Å²) in [5, 5.41) is 3.26. The van der Waals surface area contributed by atoms with Crippen LogP contribution in [0, 0.1) is 0 Å². The Kier molecular flexibility index (Phi) is 6.92. The van der Waals surface area contributed by atoms with Gasteiger partial charge in [0.25, 0.3) is 5.91 Å². The molecule has 0 spiro atoms. The highest BCUT2D eigenvalue weighted by molar-refractivity contribution is 6.03. The molecule has 1 N–H and O–H groups in total. The van der Waals surface area contributed by atoms with Crippen molar-refractivity contribution in [3.63, 3.8) is 0 Å². The number of para-hydroxylation sites is 1. The number of carbonyl (C=O) groups excluding carboxylic acids is 3. The molecule has 190 valence electrons. The van der Waals surface area contributed by atoms with Crippen molar-refractivity contribution in [1.29, 1.82) is 0 Å². The summed E-state index contributed by atoms with van der Waals surface area (Å²) >= 11 is 0. The van der Waals surface area contributed by atoms with Crippen LogP contribution in [0.5, 0.6) is 5.75 Å². The summed E-state index contributed by atoms with van der Waals surface area (Å²) in [6.45, 7) is 6.75. The molecule has 2 aliphatic rings. The smallest absolute Gasteiger partial charge is 0.410 e. The molecule has 5 rings (SSSR count). The van der Waals surface area contributed by atoms with Crippen molar-refractivity contribution in [1.82, 2.24) is 10.2 Å². The predicted molar refractivity (Wildman–Crippen MR) is 143 cm³/mol. The van der Waals surface area contributed by atoms with Crippen LogP contribution in [0.4, 0.5) is 16.2 Å². The van der Waals surface area contributed by atoms with E-state index in [-0.39, 0.29) is 17.9 Å².